The maximum Gasteiger partial charge on any atom is 0.0916 e. The molecule has 1 aromatic heterocycles. The van der Waals surface area contributed by atoms with E-state index in [9.17, 15) is 5.11 Å². The number of aliphatic hydroxyl groups is 1. The van der Waals surface area contributed by atoms with Gasteiger partial charge in [-0.15, -0.1) is 0 Å². The molecule has 1 unspecified atom stereocenters. The molecule has 0 aliphatic carbocycles. The zero-order chi connectivity index (χ0) is 17.3. The van der Waals surface area contributed by atoms with E-state index >= 15 is 0 Å². The van der Waals surface area contributed by atoms with Gasteiger partial charge in [-0.05, 0) is 56.7 Å². The van der Waals surface area contributed by atoms with Crippen molar-refractivity contribution in [3.05, 3.63) is 66.0 Å². The Kier molecular flexibility index (Phi) is 6.98. The van der Waals surface area contributed by atoms with Gasteiger partial charge in [0.15, 0.2) is 0 Å². The third-order valence-corrected chi connectivity index (χ3v) is 4.92. The van der Waals surface area contributed by atoms with E-state index in [1.165, 1.54) is 5.69 Å². The molecule has 0 bridgehead atoms. The Morgan fingerprint density at radius 1 is 0.880 bits per heavy atom. The minimum absolute atomic E-state index is 0.388. The van der Waals surface area contributed by atoms with Crippen molar-refractivity contribution in [3.63, 3.8) is 0 Å². The van der Waals surface area contributed by atoms with E-state index < -0.39 is 0 Å². The number of hydrogen-bond donors (Lipinski definition) is 1. The van der Waals surface area contributed by atoms with Gasteiger partial charge >= 0.3 is 0 Å². The number of nitrogens with zero attached hydrogens (tertiary/aromatic N) is 3. The summed E-state index contributed by atoms with van der Waals surface area (Å²) in [7, 11) is 0. The summed E-state index contributed by atoms with van der Waals surface area (Å²) in [6.45, 7) is 6.20. The third kappa shape index (κ3) is 5.92. The van der Waals surface area contributed by atoms with Crippen molar-refractivity contribution in [1.82, 2.24) is 14.8 Å². The molecule has 1 aliphatic rings. The van der Waals surface area contributed by atoms with E-state index in [1.54, 1.807) is 0 Å². The van der Waals surface area contributed by atoms with Crippen LogP contribution in [-0.4, -0.2) is 59.2 Å². The van der Waals surface area contributed by atoms with E-state index in [-0.39, 0.29) is 6.10 Å². The molecule has 2 heterocycles. The average molecular weight is 339 g/mol. The average Bonchev–Trinajstić information content (AvgIpc) is 2.64. The van der Waals surface area contributed by atoms with Gasteiger partial charge in [-0.1, -0.05) is 36.4 Å². The van der Waals surface area contributed by atoms with Crippen LogP contribution in [0, 0.1) is 0 Å². The highest BCUT2D eigenvalue weighted by Crippen LogP contribution is 2.15. The predicted molar refractivity (Wildman–Crippen MR) is 101 cm³/mol. The van der Waals surface area contributed by atoms with Gasteiger partial charge in [0.2, 0.25) is 0 Å². The van der Waals surface area contributed by atoms with E-state index in [0.717, 1.165) is 64.1 Å². The molecule has 0 spiro atoms. The first-order valence-corrected chi connectivity index (χ1v) is 9.39. The molecule has 1 fully saturated rings. The fraction of sp³-hybridized carbons (Fsp3) is 0.476. The molecule has 134 valence electrons. The van der Waals surface area contributed by atoms with Crippen LogP contribution in [0.15, 0.2) is 54.7 Å². The fourth-order valence-corrected chi connectivity index (χ4v) is 3.51. The lowest BCUT2D eigenvalue weighted by Gasteiger charge is -2.31. The van der Waals surface area contributed by atoms with Crippen molar-refractivity contribution in [2.24, 2.45) is 0 Å². The minimum Gasteiger partial charge on any atom is -0.387 e. The standard InChI is InChI=1S/C21H29N3O/c25-21(19-8-2-1-3-9-19)18-24-15-6-13-23(14-7-16-24)17-11-20-10-4-5-12-22-20/h1-5,8-10,12,21,25H,6-7,11,13-18H2. The summed E-state index contributed by atoms with van der Waals surface area (Å²) in [5.41, 5.74) is 2.19. The first-order valence-electron chi connectivity index (χ1n) is 9.39. The van der Waals surface area contributed by atoms with Gasteiger partial charge in [0.05, 0.1) is 6.10 Å². The second-order valence-corrected chi connectivity index (χ2v) is 6.85. The molecule has 0 amide bonds. The quantitative estimate of drug-likeness (QED) is 0.878. The maximum atomic E-state index is 10.4. The van der Waals surface area contributed by atoms with E-state index in [2.05, 4.69) is 26.9 Å². The second kappa shape index (κ2) is 9.66. The number of aromatic nitrogens is 1. The number of benzene rings is 1. The van der Waals surface area contributed by atoms with Crippen molar-refractivity contribution in [2.75, 3.05) is 39.3 Å². The minimum atomic E-state index is -0.388. The molecule has 1 aliphatic heterocycles. The number of rotatable bonds is 6. The lowest BCUT2D eigenvalue weighted by Crippen LogP contribution is -2.39. The summed E-state index contributed by atoms with van der Waals surface area (Å²) < 4.78 is 0. The summed E-state index contributed by atoms with van der Waals surface area (Å²) in [5.74, 6) is 0. The smallest absolute Gasteiger partial charge is 0.0916 e. The van der Waals surface area contributed by atoms with Crippen LogP contribution < -0.4 is 0 Å². The molecule has 0 saturated carbocycles. The van der Waals surface area contributed by atoms with Crippen LogP contribution in [0.4, 0.5) is 0 Å². The van der Waals surface area contributed by atoms with Crippen molar-refractivity contribution >= 4 is 0 Å². The van der Waals surface area contributed by atoms with E-state index in [4.69, 9.17) is 0 Å². The van der Waals surface area contributed by atoms with Gasteiger partial charge in [0.25, 0.3) is 0 Å². The first-order chi connectivity index (χ1) is 12.3. The molecule has 2 aromatic rings. The summed E-state index contributed by atoms with van der Waals surface area (Å²) in [4.78, 5) is 9.38. The molecule has 1 saturated heterocycles. The Balaban J connectivity index is 1.41. The maximum absolute atomic E-state index is 10.4. The van der Waals surface area contributed by atoms with Crippen molar-refractivity contribution < 1.29 is 5.11 Å². The molecule has 1 N–H and O–H groups in total. The third-order valence-electron chi connectivity index (χ3n) is 4.92. The van der Waals surface area contributed by atoms with Crippen LogP contribution in [-0.2, 0) is 6.42 Å². The molecule has 4 nitrogen and oxygen atoms in total. The number of aliphatic hydroxyl groups excluding tert-OH is 1. The molecular formula is C21H29N3O. The van der Waals surface area contributed by atoms with Crippen LogP contribution in [0.5, 0.6) is 0 Å². The lowest BCUT2D eigenvalue weighted by atomic mass is 10.1. The van der Waals surface area contributed by atoms with Gasteiger partial charge < -0.3 is 14.9 Å². The molecule has 1 aromatic carbocycles. The Labute approximate surface area is 151 Å². The highest BCUT2D eigenvalue weighted by molar-refractivity contribution is 5.17. The Morgan fingerprint density at radius 3 is 2.24 bits per heavy atom. The summed E-state index contributed by atoms with van der Waals surface area (Å²) >= 11 is 0. The van der Waals surface area contributed by atoms with Gasteiger partial charge in [-0.3, -0.25) is 4.98 Å². The van der Waals surface area contributed by atoms with Crippen LogP contribution >= 0.6 is 0 Å². The lowest BCUT2D eigenvalue weighted by molar-refractivity contribution is 0.0980. The molecule has 1 atom stereocenters. The molecule has 4 heteroatoms. The number of β-amino-alcohol motifs (C(OH)–C–C–N with tert-alkyl or cyclic N) is 1. The molecule has 0 radical (unpaired) electrons. The van der Waals surface area contributed by atoms with Crippen molar-refractivity contribution in [1.29, 1.82) is 0 Å². The fourth-order valence-electron chi connectivity index (χ4n) is 3.51. The van der Waals surface area contributed by atoms with Gasteiger partial charge in [-0.25, -0.2) is 0 Å². The van der Waals surface area contributed by atoms with Crippen LogP contribution in [0.25, 0.3) is 0 Å². The Hall–Kier alpha value is -1.75. The second-order valence-electron chi connectivity index (χ2n) is 6.85. The number of hydrogen-bond acceptors (Lipinski definition) is 4. The Morgan fingerprint density at radius 2 is 1.56 bits per heavy atom. The SMILES string of the molecule is OC(CN1CCCN(CCc2ccccn2)CCC1)c1ccccc1. The van der Waals surface area contributed by atoms with Crippen molar-refractivity contribution in [3.8, 4) is 0 Å². The van der Waals surface area contributed by atoms with Crippen LogP contribution in [0.3, 0.4) is 0 Å². The zero-order valence-electron chi connectivity index (χ0n) is 14.9. The summed E-state index contributed by atoms with van der Waals surface area (Å²) in [5, 5.41) is 10.4. The highest BCUT2D eigenvalue weighted by Gasteiger charge is 2.16. The normalized spacial score (nSPS) is 18.4. The molecule has 3 rings (SSSR count). The van der Waals surface area contributed by atoms with Gasteiger partial charge in [0.1, 0.15) is 0 Å². The van der Waals surface area contributed by atoms with Gasteiger partial charge in [0, 0.05) is 31.4 Å². The van der Waals surface area contributed by atoms with Crippen molar-refractivity contribution in [2.45, 2.75) is 25.4 Å². The molecule has 25 heavy (non-hydrogen) atoms. The van der Waals surface area contributed by atoms with Crippen LogP contribution in [0.2, 0.25) is 0 Å². The summed E-state index contributed by atoms with van der Waals surface area (Å²) in [6.07, 6.45) is 4.82. The largest absolute Gasteiger partial charge is 0.387 e. The van der Waals surface area contributed by atoms with Crippen LogP contribution in [0.1, 0.15) is 30.2 Å². The first kappa shape index (κ1) is 18.1. The topological polar surface area (TPSA) is 39.6 Å². The monoisotopic (exact) mass is 339 g/mol. The molecular weight excluding hydrogens is 310 g/mol. The predicted octanol–water partition coefficient (Wildman–Crippen LogP) is 2.76. The van der Waals surface area contributed by atoms with E-state index in [1.807, 2.05) is 42.6 Å². The summed E-state index contributed by atoms with van der Waals surface area (Å²) in [6, 6.07) is 16.1. The zero-order valence-corrected chi connectivity index (χ0v) is 14.9. The number of pyridine rings is 1. The van der Waals surface area contributed by atoms with E-state index in [0.29, 0.717) is 0 Å². The highest BCUT2D eigenvalue weighted by atomic mass is 16.3. The van der Waals surface area contributed by atoms with Gasteiger partial charge in [-0.2, -0.15) is 0 Å². The Bertz CT molecular complexity index is 595.